The number of carboxylic acid groups (broad SMARTS) is 1. The average Bonchev–Trinajstić information content (AvgIpc) is 2.66. The minimum atomic E-state index is -1.00. The molecule has 0 saturated heterocycles. The minimum absolute atomic E-state index is 0.515. The molecule has 0 radical (unpaired) electrons. The van der Waals surface area contributed by atoms with Crippen molar-refractivity contribution in [2.75, 3.05) is 6.61 Å². The number of hydrogen-bond donors (Lipinski definition) is 1. The number of carbonyl (C=O) groups is 1. The zero-order valence-corrected chi connectivity index (χ0v) is 18.7. The van der Waals surface area contributed by atoms with E-state index in [-0.39, 0.29) is 0 Å². The van der Waals surface area contributed by atoms with Gasteiger partial charge in [-0.25, -0.2) is 4.79 Å². The standard InChI is InChI=1S/C24H48O3/c1-4-6-7-8-9-10-11-12-13-14-15-16-17-18-19-20-21-22-27-24(3,5-2)23(25)26/h4-22H2,1-3H3,(H,25,26). The third-order valence-corrected chi connectivity index (χ3v) is 5.80. The topological polar surface area (TPSA) is 46.5 Å². The maximum atomic E-state index is 11.1. The number of unbranched alkanes of at least 4 members (excludes halogenated alkanes) is 16. The summed E-state index contributed by atoms with van der Waals surface area (Å²) in [6.07, 6.45) is 23.5. The van der Waals surface area contributed by atoms with Gasteiger partial charge in [-0.2, -0.15) is 0 Å². The first-order chi connectivity index (χ1) is 13.1. The van der Waals surface area contributed by atoms with Gasteiger partial charge in [-0.1, -0.05) is 117 Å². The summed E-state index contributed by atoms with van der Waals surface area (Å²) in [5.74, 6) is -0.850. The van der Waals surface area contributed by atoms with Crippen LogP contribution in [0.4, 0.5) is 0 Å². The molecule has 0 amide bonds. The molecular weight excluding hydrogens is 336 g/mol. The van der Waals surface area contributed by atoms with Gasteiger partial charge in [-0.3, -0.25) is 0 Å². The molecule has 1 N–H and O–H groups in total. The van der Waals surface area contributed by atoms with Crippen LogP contribution in [0.25, 0.3) is 0 Å². The molecule has 0 aliphatic rings. The number of ether oxygens (including phenoxy) is 1. The summed E-state index contributed by atoms with van der Waals surface area (Å²) in [6, 6.07) is 0. The van der Waals surface area contributed by atoms with Crippen molar-refractivity contribution < 1.29 is 14.6 Å². The Bertz CT molecular complexity index is 330. The molecule has 0 rings (SSSR count). The Hall–Kier alpha value is -0.570. The number of rotatable bonds is 21. The quantitative estimate of drug-likeness (QED) is 0.204. The van der Waals surface area contributed by atoms with Crippen molar-refractivity contribution in [1.82, 2.24) is 0 Å². The molecular formula is C24H48O3. The van der Waals surface area contributed by atoms with Crippen molar-refractivity contribution in [1.29, 1.82) is 0 Å². The van der Waals surface area contributed by atoms with Gasteiger partial charge in [0.1, 0.15) is 0 Å². The van der Waals surface area contributed by atoms with Gasteiger partial charge in [-0.15, -0.1) is 0 Å². The fourth-order valence-corrected chi connectivity index (χ4v) is 3.44. The summed E-state index contributed by atoms with van der Waals surface area (Å²) in [6.45, 7) is 6.38. The number of aliphatic carboxylic acids is 1. The minimum Gasteiger partial charge on any atom is -0.479 e. The van der Waals surface area contributed by atoms with E-state index in [2.05, 4.69) is 6.92 Å². The van der Waals surface area contributed by atoms with E-state index in [0.29, 0.717) is 13.0 Å². The lowest BCUT2D eigenvalue weighted by molar-refractivity contribution is -0.164. The van der Waals surface area contributed by atoms with Crippen LogP contribution >= 0.6 is 0 Å². The van der Waals surface area contributed by atoms with Crippen LogP contribution in [-0.2, 0) is 9.53 Å². The van der Waals surface area contributed by atoms with Gasteiger partial charge in [0.2, 0.25) is 0 Å². The summed E-state index contributed by atoms with van der Waals surface area (Å²) in [5, 5.41) is 9.15. The third kappa shape index (κ3) is 16.1. The van der Waals surface area contributed by atoms with Crippen LogP contribution in [-0.4, -0.2) is 23.3 Å². The van der Waals surface area contributed by atoms with Crippen LogP contribution in [0.2, 0.25) is 0 Å². The van der Waals surface area contributed by atoms with Gasteiger partial charge in [0.05, 0.1) is 0 Å². The highest BCUT2D eigenvalue weighted by Gasteiger charge is 2.31. The SMILES string of the molecule is CCCCCCCCCCCCCCCCCCCOC(C)(CC)C(=O)O. The molecule has 0 aromatic heterocycles. The summed E-state index contributed by atoms with van der Waals surface area (Å²) in [5.41, 5.74) is -1.00. The molecule has 3 heteroatoms. The van der Waals surface area contributed by atoms with E-state index < -0.39 is 11.6 Å². The summed E-state index contributed by atoms with van der Waals surface area (Å²) in [7, 11) is 0. The highest BCUT2D eigenvalue weighted by Crippen LogP contribution is 2.17. The second-order valence-corrected chi connectivity index (χ2v) is 8.39. The van der Waals surface area contributed by atoms with Crippen LogP contribution in [0.3, 0.4) is 0 Å². The van der Waals surface area contributed by atoms with Gasteiger partial charge in [0.15, 0.2) is 5.60 Å². The highest BCUT2D eigenvalue weighted by molar-refractivity contribution is 5.76. The fourth-order valence-electron chi connectivity index (χ4n) is 3.44. The second-order valence-electron chi connectivity index (χ2n) is 8.39. The van der Waals surface area contributed by atoms with Crippen molar-refractivity contribution in [2.45, 2.75) is 142 Å². The van der Waals surface area contributed by atoms with Gasteiger partial charge < -0.3 is 9.84 Å². The van der Waals surface area contributed by atoms with Crippen molar-refractivity contribution in [3.05, 3.63) is 0 Å². The maximum Gasteiger partial charge on any atom is 0.335 e. The average molecular weight is 385 g/mol. The van der Waals surface area contributed by atoms with Crippen LogP contribution in [0.5, 0.6) is 0 Å². The molecule has 1 atom stereocenters. The molecule has 0 aliphatic carbocycles. The molecule has 162 valence electrons. The van der Waals surface area contributed by atoms with E-state index in [4.69, 9.17) is 9.84 Å². The summed E-state index contributed by atoms with van der Waals surface area (Å²) >= 11 is 0. The Kier molecular flexibility index (Phi) is 18.4. The van der Waals surface area contributed by atoms with E-state index in [9.17, 15) is 4.79 Å². The van der Waals surface area contributed by atoms with Crippen molar-refractivity contribution >= 4 is 5.97 Å². The smallest absolute Gasteiger partial charge is 0.335 e. The predicted molar refractivity (Wildman–Crippen MR) is 116 cm³/mol. The third-order valence-electron chi connectivity index (χ3n) is 5.80. The van der Waals surface area contributed by atoms with E-state index in [0.717, 1.165) is 12.8 Å². The lowest BCUT2D eigenvalue weighted by atomic mass is 10.0. The zero-order valence-electron chi connectivity index (χ0n) is 18.7. The van der Waals surface area contributed by atoms with Gasteiger partial charge in [-0.05, 0) is 19.8 Å². The van der Waals surface area contributed by atoms with Crippen LogP contribution in [0.15, 0.2) is 0 Å². The normalized spacial score (nSPS) is 13.6. The molecule has 0 bridgehead atoms. The second kappa shape index (κ2) is 18.8. The molecule has 1 unspecified atom stereocenters. The molecule has 0 saturated carbocycles. The van der Waals surface area contributed by atoms with Crippen LogP contribution in [0.1, 0.15) is 136 Å². The largest absolute Gasteiger partial charge is 0.479 e. The fraction of sp³-hybridized carbons (Fsp3) is 0.958. The Morgan fingerprint density at radius 2 is 1.00 bits per heavy atom. The van der Waals surface area contributed by atoms with Gasteiger partial charge in [0.25, 0.3) is 0 Å². The van der Waals surface area contributed by atoms with E-state index in [1.54, 1.807) is 6.92 Å². The zero-order chi connectivity index (χ0) is 20.2. The molecule has 0 fully saturated rings. The van der Waals surface area contributed by atoms with Crippen molar-refractivity contribution in [2.24, 2.45) is 0 Å². The summed E-state index contributed by atoms with van der Waals surface area (Å²) in [4.78, 5) is 11.1. The molecule has 0 heterocycles. The Balaban J connectivity index is 3.20. The van der Waals surface area contributed by atoms with E-state index in [1.165, 1.54) is 96.3 Å². The molecule has 0 aromatic rings. The first kappa shape index (κ1) is 26.4. The maximum absolute atomic E-state index is 11.1. The van der Waals surface area contributed by atoms with Crippen molar-refractivity contribution in [3.63, 3.8) is 0 Å². The lowest BCUT2D eigenvalue weighted by Crippen LogP contribution is -2.37. The van der Waals surface area contributed by atoms with Crippen LogP contribution < -0.4 is 0 Å². The Labute approximate surface area is 169 Å². The van der Waals surface area contributed by atoms with Crippen molar-refractivity contribution in [3.8, 4) is 0 Å². The predicted octanol–water partition coefficient (Wildman–Crippen LogP) is 7.91. The molecule has 0 aromatic carbocycles. The first-order valence-electron chi connectivity index (χ1n) is 11.9. The number of hydrogen-bond acceptors (Lipinski definition) is 2. The molecule has 3 nitrogen and oxygen atoms in total. The Morgan fingerprint density at radius 1 is 0.667 bits per heavy atom. The highest BCUT2D eigenvalue weighted by atomic mass is 16.5. The van der Waals surface area contributed by atoms with E-state index in [1.807, 2.05) is 6.92 Å². The lowest BCUT2D eigenvalue weighted by Gasteiger charge is -2.23. The Morgan fingerprint density at radius 3 is 1.30 bits per heavy atom. The molecule has 0 spiro atoms. The molecule has 27 heavy (non-hydrogen) atoms. The van der Waals surface area contributed by atoms with Gasteiger partial charge in [0, 0.05) is 6.61 Å². The number of carboxylic acids is 1. The first-order valence-corrected chi connectivity index (χ1v) is 11.9. The molecule has 0 aliphatic heterocycles. The van der Waals surface area contributed by atoms with E-state index >= 15 is 0 Å². The van der Waals surface area contributed by atoms with Gasteiger partial charge >= 0.3 is 5.97 Å². The summed E-state index contributed by atoms with van der Waals surface area (Å²) < 4.78 is 5.56. The monoisotopic (exact) mass is 384 g/mol. The van der Waals surface area contributed by atoms with Crippen LogP contribution in [0, 0.1) is 0 Å².